The quantitative estimate of drug-likeness (QED) is 0.799. The van der Waals surface area contributed by atoms with Crippen molar-refractivity contribution in [1.82, 2.24) is 5.32 Å². The molecule has 2 rings (SSSR count). The molecule has 0 radical (unpaired) electrons. The highest BCUT2D eigenvalue weighted by atomic mass is 19.1. The minimum absolute atomic E-state index is 0.278. The summed E-state index contributed by atoms with van der Waals surface area (Å²) in [5.41, 5.74) is 3.77. The number of hydrogen-bond donors (Lipinski definition) is 1. The lowest BCUT2D eigenvalue weighted by Gasteiger charge is -2.12. The highest BCUT2D eigenvalue weighted by Gasteiger charge is 2.12. The van der Waals surface area contributed by atoms with Crippen molar-refractivity contribution in [3.05, 3.63) is 53.3 Å². The van der Waals surface area contributed by atoms with E-state index in [9.17, 15) is 4.39 Å². The maximum absolute atomic E-state index is 14.4. The van der Waals surface area contributed by atoms with Crippen LogP contribution in [0.5, 0.6) is 5.75 Å². The molecular formula is C18H22FNO. The fourth-order valence-corrected chi connectivity index (χ4v) is 2.42. The third-order valence-corrected chi connectivity index (χ3v) is 3.52. The number of ether oxygens (including phenoxy) is 1. The fourth-order valence-electron chi connectivity index (χ4n) is 2.42. The van der Waals surface area contributed by atoms with Gasteiger partial charge in [-0.05, 0) is 42.6 Å². The van der Waals surface area contributed by atoms with Crippen molar-refractivity contribution in [2.75, 3.05) is 13.7 Å². The van der Waals surface area contributed by atoms with Gasteiger partial charge in [-0.15, -0.1) is 0 Å². The predicted molar refractivity (Wildman–Crippen MR) is 85.1 cm³/mol. The van der Waals surface area contributed by atoms with E-state index < -0.39 is 0 Å². The van der Waals surface area contributed by atoms with E-state index in [4.69, 9.17) is 4.74 Å². The maximum Gasteiger partial charge on any atom is 0.172 e. The van der Waals surface area contributed by atoms with Gasteiger partial charge in [0, 0.05) is 12.1 Å². The third-order valence-electron chi connectivity index (χ3n) is 3.52. The molecule has 1 N–H and O–H groups in total. The first-order valence-corrected chi connectivity index (χ1v) is 7.30. The second-order valence-electron chi connectivity index (χ2n) is 5.15. The lowest BCUT2D eigenvalue weighted by atomic mass is 9.97. The fraction of sp³-hybridized carbons (Fsp3) is 0.333. The Morgan fingerprint density at radius 1 is 1.14 bits per heavy atom. The molecule has 0 fully saturated rings. The van der Waals surface area contributed by atoms with Gasteiger partial charge in [0.25, 0.3) is 0 Å². The Balaban J connectivity index is 2.29. The number of halogens is 1. The summed E-state index contributed by atoms with van der Waals surface area (Å²) in [6, 6.07) is 11.4. The molecule has 0 aliphatic carbocycles. The molecule has 0 unspecified atom stereocenters. The molecule has 0 aromatic heterocycles. The van der Waals surface area contributed by atoms with Crippen molar-refractivity contribution < 1.29 is 9.13 Å². The zero-order valence-corrected chi connectivity index (χ0v) is 12.9. The molecule has 0 heterocycles. The van der Waals surface area contributed by atoms with E-state index in [1.165, 1.54) is 12.7 Å². The van der Waals surface area contributed by atoms with Crippen LogP contribution in [0.4, 0.5) is 4.39 Å². The monoisotopic (exact) mass is 287 g/mol. The smallest absolute Gasteiger partial charge is 0.172 e. The molecule has 0 aliphatic heterocycles. The van der Waals surface area contributed by atoms with Crippen LogP contribution in [0.15, 0.2) is 36.4 Å². The maximum atomic E-state index is 14.4. The van der Waals surface area contributed by atoms with Crippen LogP contribution < -0.4 is 10.1 Å². The molecule has 2 aromatic carbocycles. The van der Waals surface area contributed by atoms with Crippen molar-refractivity contribution in [2.45, 2.75) is 26.8 Å². The number of nitrogens with one attached hydrogen (secondary N) is 1. The average molecular weight is 287 g/mol. The van der Waals surface area contributed by atoms with Crippen LogP contribution in [0.1, 0.15) is 24.5 Å². The largest absolute Gasteiger partial charge is 0.494 e. The van der Waals surface area contributed by atoms with E-state index in [0.717, 1.165) is 30.6 Å². The Morgan fingerprint density at radius 3 is 2.62 bits per heavy atom. The van der Waals surface area contributed by atoms with Gasteiger partial charge in [0.2, 0.25) is 0 Å². The number of aryl methyl sites for hydroxylation is 1. The van der Waals surface area contributed by atoms with Gasteiger partial charge >= 0.3 is 0 Å². The van der Waals surface area contributed by atoms with Crippen LogP contribution in [0.3, 0.4) is 0 Å². The summed E-state index contributed by atoms with van der Waals surface area (Å²) >= 11 is 0. The molecule has 0 saturated carbocycles. The molecule has 0 spiro atoms. The van der Waals surface area contributed by atoms with Gasteiger partial charge in [0.1, 0.15) is 0 Å². The lowest BCUT2D eigenvalue weighted by molar-refractivity contribution is 0.387. The highest BCUT2D eigenvalue weighted by molar-refractivity contribution is 5.69. The Labute approximate surface area is 126 Å². The number of rotatable bonds is 6. The molecule has 3 heteroatoms. The first-order valence-electron chi connectivity index (χ1n) is 7.30. The van der Waals surface area contributed by atoms with E-state index in [1.54, 1.807) is 12.1 Å². The van der Waals surface area contributed by atoms with Gasteiger partial charge in [0.15, 0.2) is 11.6 Å². The molecule has 112 valence electrons. The lowest BCUT2D eigenvalue weighted by Crippen LogP contribution is -2.13. The van der Waals surface area contributed by atoms with E-state index in [2.05, 4.69) is 18.3 Å². The minimum atomic E-state index is -0.306. The van der Waals surface area contributed by atoms with Gasteiger partial charge in [-0.25, -0.2) is 4.39 Å². The molecule has 0 bridgehead atoms. The van der Waals surface area contributed by atoms with Crippen LogP contribution in [0.25, 0.3) is 11.1 Å². The molecular weight excluding hydrogens is 265 g/mol. The topological polar surface area (TPSA) is 21.3 Å². The van der Waals surface area contributed by atoms with Crippen LogP contribution in [0, 0.1) is 12.7 Å². The van der Waals surface area contributed by atoms with Crippen molar-refractivity contribution >= 4 is 0 Å². The van der Waals surface area contributed by atoms with E-state index in [0.29, 0.717) is 5.56 Å². The van der Waals surface area contributed by atoms with E-state index in [-0.39, 0.29) is 11.6 Å². The Morgan fingerprint density at radius 2 is 1.95 bits per heavy atom. The summed E-state index contributed by atoms with van der Waals surface area (Å²) in [7, 11) is 1.48. The molecule has 0 atom stereocenters. The molecule has 0 aliphatic rings. The first-order chi connectivity index (χ1) is 10.2. The first kappa shape index (κ1) is 15.5. The van der Waals surface area contributed by atoms with Gasteiger partial charge in [-0.3, -0.25) is 0 Å². The van der Waals surface area contributed by atoms with Crippen LogP contribution in [-0.2, 0) is 6.54 Å². The summed E-state index contributed by atoms with van der Waals surface area (Å²) < 4.78 is 19.4. The summed E-state index contributed by atoms with van der Waals surface area (Å²) in [5, 5.41) is 3.37. The second kappa shape index (κ2) is 7.23. The minimum Gasteiger partial charge on any atom is -0.494 e. The van der Waals surface area contributed by atoms with Gasteiger partial charge in [-0.1, -0.05) is 37.3 Å². The summed E-state index contributed by atoms with van der Waals surface area (Å²) in [6.07, 6.45) is 1.12. The van der Waals surface area contributed by atoms with Gasteiger partial charge in [0.05, 0.1) is 7.11 Å². The number of hydrogen-bond acceptors (Lipinski definition) is 2. The molecule has 21 heavy (non-hydrogen) atoms. The third kappa shape index (κ3) is 3.61. The Bertz CT molecular complexity index is 610. The molecule has 0 amide bonds. The van der Waals surface area contributed by atoms with E-state index in [1.807, 2.05) is 25.1 Å². The zero-order valence-electron chi connectivity index (χ0n) is 12.9. The predicted octanol–water partition coefficient (Wildman–Crippen LogP) is 4.31. The van der Waals surface area contributed by atoms with Crippen LogP contribution in [0.2, 0.25) is 0 Å². The SMILES string of the molecule is CCCNCc1ccc(-c2cccc(OC)c2F)c(C)c1. The van der Waals surface area contributed by atoms with Crippen molar-refractivity contribution in [3.8, 4) is 16.9 Å². The van der Waals surface area contributed by atoms with Gasteiger partial charge < -0.3 is 10.1 Å². The van der Waals surface area contributed by atoms with Crippen LogP contribution >= 0.6 is 0 Å². The Kier molecular flexibility index (Phi) is 5.34. The Hall–Kier alpha value is -1.87. The van der Waals surface area contributed by atoms with Crippen molar-refractivity contribution in [3.63, 3.8) is 0 Å². The van der Waals surface area contributed by atoms with Crippen molar-refractivity contribution in [2.24, 2.45) is 0 Å². The number of benzene rings is 2. The van der Waals surface area contributed by atoms with Crippen LogP contribution in [-0.4, -0.2) is 13.7 Å². The zero-order chi connectivity index (χ0) is 15.2. The second-order valence-corrected chi connectivity index (χ2v) is 5.15. The van der Waals surface area contributed by atoms with E-state index >= 15 is 0 Å². The standard InChI is InChI=1S/C18H22FNO/c1-4-10-20-12-14-8-9-15(13(2)11-14)16-6-5-7-17(21-3)18(16)19/h5-9,11,20H,4,10,12H2,1-3H3. The molecule has 2 aromatic rings. The summed E-state index contributed by atoms with van der Waals surface area (Å²) in [6.45, 7) is 6.01. The summed E-state index contributed by atoms with van der Waals surface area (Å²) in [5.74, 6) is -0.0273. The summed E-state index contributed by atoms with van der Waals surface area (Å²) in [4.78, 5) is 0. The number of methoxy groups -OCH3 is 1. The van der Waals surface area contributed by atoms with Gasteiger partial charge in [-0.2, -0.15) is 0 Å². The normalized spacial score (nSPS) is 10.7. The van der Waals surface area contributed by atoms with Crippen molar-refractivity contribution in [1.29, 1.82) is 0 Å². The highest BCUT2D eigenvalue weighted by Crippen LogP contribution is 2.31. The molecule has 0 saturated heterocycles. The average Bonchev–Trinajstić information content (AvgIpc) is 2.48. The molecule has 2 nitrogen and oxygen atoms in total.